The maximum Gasteiger partial charge on any atom is 0.219 e. The molecule has 2 aliphatic heterocycles. The molecule has 0 bridgehead atoms. The Bertz CT molecular complexity index is 1510. The van der Waals surface area contributed by atoms with Crippen molar-refractivity contribution in [1.29, 1.82) is 0 Å². The van der Waals surface area contributed by atoms with E-state index < -0.39 is 0 Å². The smallest absolute Gasteiger partial charge is 0.219 e. The average molecular weight is 551 g/mol. The van der Waals surface area contributed by atoms with Gasteiger partial charge in [-0.3, -0.25) is 4.79 Å². The molecule has 2 aromatic carbocycles. The van der Waals surface area contributed by atoms with Crippen LogP contribution in [0.25, 0.3) is 11.4 Å². The fourth-order valence-electron chi connectivity index (χ4n) is 5.23. The van der Waals surface area contributed by atoms with Crippen molar-refractivity contribution >= 4 is 23.2 Å². The van der Waals surface area contributed by atoms with Gasteiger partial charge in [-0.05, 0) is 49.2 Å². The highest BCUT2D eigenvalue weighted by Crippen LogP contribution is 2.32. The highest BCUT2D eigenvalue weighted by molar-refractivity contribution is 5.74. The number of pyridine rings is 1. The number of morpholine rings is 1. The summed E-state index contributed by atoms with van der Waals surface area (Å²) in [4.78, 5) is 31.0. The van der Waals surface area contributed by atoms with Crippen LogP contribution in [0.1, 0.15) is 30.7 Å². The number of amides is 1. The van der Waals surface area contributed by atoms with Crippen LogP contribution in [0.5, 0.6) is 5.88 Å². The van der Waals surface area contributed by atoms with Crippen LogP contribution in [0.15, 0.2) is 72.8 Å². The van der Waals surface area contributed by atoms with E-state index in [-0.39, 0.29) is 11.9 Å². The Labute approximate surface area is 240 Å². The number of nitrogens with zero attached hydrogens (tertiary/aromatic N) is 5. The van der Waals surface area contributed by atoms with Crippen LogP contribution < -0.4 is 15.0 Å². The highest BCUT2D eigenvalue weighted by atomic mass is 16.5. The first-order valence-corrected chi connectivity index (χ1v) is 14.0. The monoisotopic (exact) mass is 550 g/mol. The van der Waals surface area contributed by atoms with Crippen LogP contribution in [-0.4, -0.2) is 58.1 Å². The van der Waals surface area contributed by atoms with E-state index in [1.165, 1.54) is 0 Å². The molecule has 6 rings (SSSR count). The van der Waals surface area contributed by atoms with Gasteiger partial charge in [-0.1, -0.05) is 36.4 Å². The lowest BCUT2D eigenvalue weighted by Gasteiger charge is -2.37. The van der Waals surface area contributed by atoms with Gasteiger partial charge >= 0.3 is 0 Å². The second-order valence-corrected chi connectivity index (χ2v) is 10.4. The lowest BCUT2D eigenvalue weighted by Crippen LogP contribution is -2.45. The quantitative estimate of drug-likeness (QED) is 0.344. The third-order valence-corrected chi connectivity index (χ3v) is 7.50. The van der Waals surface area contributed by atoms with Crippen LogP contribution in [0.2, 0.25) is 0 Å². The van der Waals surface area contributed by atoms with E-state index in [1.807, 2.05) is 77.7 Å². The second kappa shape index (κ2) is 11.9. The number of fused-ring (bicyclic) bond motifs is 1. The van der Waals surface area contributed by atoms with Gasteiger partial charge in [-0.25, -0.2) is 9.97 Å². The fourth-order valence-corrected chi connectivity index (χ4v) is 5.23. The Morgan fingerprint density at radius 1 is 1.00 bits per heavy atom. The normalized spacial score (nSPS) is 16.7. The zero-order valence-electron chi connectivity index (χ0n) is 23.4. The fraction of sp³-hybridized carbons (Fsp3) is 0.312. The number of benzene rings is 2. The molecular formula is C32H34N6O3. The van der Waals surface area contributed by atoms with Gasteiger partial charge in [0.25, 0.3) is 0 Å². The molecule has 0 spiro atoms. The average Bonchev–Trinajstić information content (AvgIpc) is 3.00. The molecule has 2 aromatic heterocycles. The zero-order valence-corrected chi connectivity index (χ0v) is 23.4. The summed E-state index contributed by atoms with van der Waals surface area (Å²) < 4.78 is 11.6. The Kier molecular flexibility index (Phi) is 7.78. The predicted molar refractivity (Wildman–Crippen MR) is 158 cm³/mol. The number of hydrogen-bond acceptors (Lipinski definition) is 8. The van der Waals surface area contributed by atoms with E-state index in [0.29, 0.717) is 50.4 Å². The molecule has 210 valence electrons. The van der Waals surface area contributed by atoms with Crippen molar-refractivity contribution in [3.8, 4) is 17.3 Å². The van der Waals surface area contributed by atoms with Crippen molar-refractivity contribution in [3.63, 3.8) is 0 Å². The first-order chi connectivity index (χ1) is 20.0. The molecule has 9 nitrogen and oxygen atoms in total. The molecule has 0 saturated carbocycles. The van der Waals surface area contributed by atoms with E-state index in [0.717, 1.165) is 46.9 Å². The largest absolute Gasteiger partial charge is 0.473 e. The molecule has 0 aliphatic carbocycles. The lowest BCUT2D eigenvalue weighted by molar-refractivity contribution is -0.129. The van der Waals surface area contributed by atoms with Crippen molar-refractivity contribution in [3.05, 3.63) is 89.6 Å². The lowest BCUT2D eigenvalue weighted by atomic mass is 10.0. The number of carbonyl (C=O) groups is 1. The summed E-state index contributed by atoms with van der Waals surface area (Å²) in [7, 11) is 0. The maximum absolute atomic E-state index is 12.1. The van der Waals surface area contributed by atoms with Gasteiger partial charge in [-0.15, -0.1) is 0 Å². The molecule has 1 atom stereocenters. The summed E-state index contributed by atoms with van der Waals surface area (Å²) in [6.07, 6.45) is 0.749. The number of anilines is 3. The minimum absolute atomic E-state index is 0.0654. The molecule has 9 heteroatoms. The third kappa shape index (κ3) is 6.15. The Morgan fingerprint density at radius 3 is 2.61 bits per heavy atom. The molecule has 1 unspecified atom stereocenters. The van der Waals surface area contributed by atoms with E-state index >= 15 is 0 Å². The van der Waals surface area contributed by atoms with Crippen molar-refractivity contribution in [2.75, 3.05) is 36.5 Å². The summed E-state index contributed by atoms with van der Waals surface area (Å²) in [6, 6.07) is 23.9. The first-order valence-electron chi connectivity index (χ1n) is 14.0. The number of rotatable bonds is 7. The summed E-state index contributed by atoms with van der Waals surface area (Å²) in [5, 5.41) is 3.36. The second-order valence-electron chi connectivity index (χ2n) is 10.4. The van der Waals surface area contributed by atoms with Crippen LogP contribution in [0, 0.1) is 0 Å². The van der Waals surface area contributed by atoms with Crippen LogP contribution in [0.4, 0.5) is 17.3 Å². The van der Waals surface area contributed by atoms with Crippen LogP contribution in [0.3, 0.4) is 0 Å². The summed E-state index contributed by atoms with van der Waals surface area (Å²) in [5.74, 6) is 2.94. The third-order valence-electron chi connectivity index (χ3n) is 7.50. The topological polar surface area (TPSA) is 92.7 Å². The number of aromatic nitrogens is 3. The van der Waals surface area contributed by atoms with E-state index in [9.17, 15) is 4.79 Å². The summed E-state index contributed by atoms with van der Waals surface area (Å²) in [6.45, 7) is 7.54. The van der Waals surface area contributed by atoms with Crippen LogP contribution in [-0.2, 0) is 29.1 Å². The van der Waals surface area contributed by atoms with Crippen molar-refractivity contribution < 1.29 is 14.3 Å². The van der Waals surface area contributed by atoms with E-state index in [2.05, 4.69) is 22.1 Å². The standard InChI is InChI=1S/C32H34N6O3/c1-22-20-40-18-17-38(22)32-27-15-16-37(23(2)39)19-28(27)34-31(36-32)25-11-13-26(14-12-25)33-29-9-6-10-30(35-29)41-21-24-7-4-3-5-8-24/h3-14,22H,15-21H2,1-2H3,(H,33,35). The van der Waals surface area contributed by atoms with Gasteiger partial charge in [0, 0.05) is 42.9 Å². The van der Waals surface area contributed by atoms with Gasteiger partial charge in [0.05, 0.1) is 31.5 Å². The molecule has 1 N–H and O–H groups in total. The van der Waals surface area contributed by atoms with E-state index in [4.69, 9.17) is 19.4 Å². The number of nitrogens with one attached hydrogen (secondary N) is 1. The molecule has 1 fully saturated rings. The molecule has 1 amide bonds. The molecule has 2 aliphatic rings. The van der Waals surface area contributed by atoms with Gasteiger partial charge in [0.15, 0.2) is 5.82 Å². The van der Waals surface area contributed by atoms with Gasteiger partial charge in [0.1, 0.15) is 18.2 Å². The Balaban J connectivity index is 1.22. The predicted octanol–water partition coefficient (Wildman–Crippen LogP) is 4.99. The minimum atomic E-state index is 0.0654. The van der Waals surface area contributed by atoms with E-state index in [1.54, 1.807) is 6.92 Å². The van der Waals surface area contributed by atoms with Crippen LogP contribution >= 0.6 is 0 Å². The maximum atomic E-state index is 12.1. The summed E-state index contributed by atoms with van der Waals surface area (Å²) >= 11 is 0. The zero-order chi connectivity index (χ0) is 28.2. The van der Waals surface area contributed by atoms with Crippen molar-refractivity contribution in [2.45, 2.75) is 39.5 Å². The molecule has 41 heavy (non-hydrogen) atoms. The molecule has 4 heterocycles. The first kappa shape index (κ1) is 26.7. The van der Waals surface area contributed by atoms with Gasteiger partial charge < -0.3 is 24.6 Å². The molecule has 1 saturated heterocycles. The van der Waals surface area contributed by atoms with Crippen molar-refractivity contribution in [2.24, 2.45) is 0 Å². The SMILES string of the molecule is CC(=O)N1CCc2c(nc(-c3ccc(Nc4cccc(OCc5ccccc5)n4)cc3)nc2N2CCOCC2C)C1. The van der Waals surface area contributed by atoms with Gasteiger partial charge in [-0.2, -0.15) is 4.98 Å². The van der Waals surface area contributed by atoms with Gasteiger partial charge in [0.2, 0.25) is 11.8 Å². The molecule has 0 radical (unpaired) electrons. The Hall–Kier alpha value is -4.50. The number of hydrogen-bond donors (Lipinski definition) is 1. The summed E-state index contributed by atoms with van der Waals surface area (Å²) in [5.41, 5.74) is 4.95. The molecular weight excluding hydrogens is 516 g/mol. The van der Waals surface area contributed by atoms with Crippen molar-refractivity contribution in [1.82, 2.24) is 19.9 Å². The highest BCUT2D eigenvalue weighted by Gasteiger charge is 2.29. The minimum Gasteiger partial charge on any atom is -0.473 e. The number of carbonyl (C=O) groups excluding carboxylic acids is 1. The Morgan fingerprint density at radius 2 is 1.83 bits per heavy atom. The molecule has 4 aromatic rings. The number of ether oxygens (including phenoxy) is 2.